The van der Waals surface area contributed by atoms with Gasteiger partial charge in [-0.15, -0.1) is 0 Å². The second-order valence-corrected chi connectivity index (χ2v) is 12.7. The van der Waals surface area contributed by atoms with E-state index in [1.807, 2.05) is 18.9 Å². The number of rotatable bonds is 9. The molecule has 1 amide bonds. The van der Waals surface area contributed by atoms with Gasteiger partial charge in [0.15, 0.2) is 0 Å². The second-order valence-electron chi connectivity index (χ2n) is 11.0. The molecular formula is C31H36F3N3O5S. The Hall–Kier alpha value is -3.61. The predicted molar refractivity (Wildman–Crippen MR) is 157 cm³/mol. The zero-order chi connectivity index (χ0) is 31.4. The highest BCUT2D eigenvalue weighted by atomic mass is 32.2. The number of likely N-dealkylation sites (N-methyl/N-ethyl adjacent to an activating group) is 1. The first-order valence-corrected chi connectivity index (χ1v) is 15.4. The average molecular weight is 620 g/mol. The molecule has 0 saturated heterocycles. The molecule has 1 heterocycles. The zero-order valence-corrected chi connectivity index (χ0v) is 25.0. The average Bonchev–Trinajstić information content (AvgIpc) is 3.00. The van der Waals surface area contributed by atoms with Crippen molar-refractivity contribution in [3.8, 4) is 5.75 Å². The number of sulfonamides is 1. The third-order valence-electron chi connectivity index (χ3n) is 7.45. The van der Waals surface area contributed by atoms with Gasteiger partial charge in [0.05, 0.1) is 29.5 Å². The number of nitrogens with one attached hydrogen (secondary N) is 1. The van der Waals surface area contributed by atoms with E-state index in [1.165, 1.54) is 24.3 Å². The maximum Gasteiger partial charge on any atom is 0.416 e. The molecule has 3 aromatic carbocycles. The standard InChI is InChI=1S/C31H36F3N3O5S/c1-21-17-37(22(2)20-38)30(39)16-24-15-26(35-43(40,41)27-7-5-4-6-8-27)13-14-28(24)42-29(21)19-36(3)18-23-9-11-25(12-10-23)31(32,33)34/h4-15,21-22,29,35,38H,16-20H2,1-3H3/t21-,22-,29-/m1/s1. The lowest BCUT2D eigenvalue weighted by Crippen LogP contribution is -2.47. The number of hydrogen-bond acceptors (Lipinski definition) is 6. The summed E-state index contributed by atoms with van der Waals surface area (Å²) in [5.74, 6) is 0.00424. The molecule has 0 fully saturated rings. The normalized spacial score (nSPS) is 18.7. The van der Waals surface area contributed by atoms with E-state index in [0.717, 1.165) is 12.1 Å². The van der Waals surface area contributed by atoms with Gasteiger partial charge in [-0.2, -0.15) is 13.2 Å². The smallest absolute Gasteiger partial charge is 0.416 e. The second kappa shape index (κ2) is 13.4. The molecule has 0 spiro atoms. The van der Waals surface area contributed by atoms with Crippen molar-refractivity contribution in [2.45, 2.75) is 50.0 Å². The number of alkyl halides is 3. The number of carbonyl (C=O) groups is 1. The van der Waals surface area contributed by atoms with Crippen LogP contribution in [-0.2, 0) is 34.0 Å². The molecule has 2 N–H and O–H groups in total. The number of aliphatic hydroxyl groups excluding tert-OH is 1. The predicted octanol–water partition coefficient (Wildman–Crippen LogP) is 4.79. The molecule has 3 atom stereocenters. The van der Waals surface area contributed by atoms with Crippen LogP contribution in [0.25, 0.3) is 0 Å². The molecule has 4 rings (SSSR count). The molecule has 0 saturated carbocycles. The molecule has 8 nitrogen and oxygen atoms in total. The Morgan fingerprint density at radius 3 is 2.40 bits per heavy atom. The van der Waals surface area contributed by atoms with Gasteiger partial charge >= 0.3 is 6.18 Å². The van der Waals surface area contributed by atoms with Crippen LogP contribution in [0.4, 0.5) is 18.9 Å². The third-order valence-corrected chi connectivity index (χ3v) is 8.84. The minimum atomic E-state index is -4.41. The Balaban J connectivity index is 1.60. The summed E-state index contributed by atoms with van der Waals surface area (Å²) in [6.07, 6.45) is -4.92. The summed E-state index contributed by atoms with van der Waals surface area (Å²) >= 11 is 0. The molecule has 0 aliphatic carbocycles. The lowest BCUT2D eigenvalue weighted by molar-refractivity contribution is -0.137. The minimum Gasteiger partial charge on any atom is -0.488 e. The quantitative estimate of drug-likeness (QED) is 0.358. The SMILES string of the molecule is C[C@@H]1CN([C@H](C)CO)C(=O)Cc2cc(NS(=O)(=O)c3ccccc3)ccc2O[C@@H]1CN(C)Cc1ccc(C(F)(F)F)cc1. The van der Waals surface area contributed by atoms with Crippen molar-refractivity contribution in [3.63, 3.8) is 0 Å². The van der Waals surface area contributed by atoms with Crippen LogP contribution in [0.5, 0.6) is 5.75 Å². The summed E-state index contributed by atoms with van der Waals surface area (Å²) in [5.41, 5.74) is 0.742. The number of amides is 1. The highest BCUT2D eigenvalue weighted by Crippen LogP contribution is 2.31. The van der Waals surface area contributed by atoms with Gasteiger partial charge in [0.25, 0.3) is 10.0 Å². The lowest BCUT2D eigenvalue weighted by Gasteiger charge is -2.34. The van der Waals surface area contributed by atoms with E-state index in [1.54, 1.807) is 48.2 Å². The Morgan fingerprint density at radius 2 is 1.77 bits per heavy atom. The Morgan fingerprint density at radius 1 is 1.09 bits per heavy atom. The van der Waals surface area contributed by atoms with Gasteiger partial charge in [0.1, 0.15) is 11.9 Å². The van der Waals surface area contributed by atoms with Gasteiger partial charge in [-0.3, -0.25) is 14.4 Å². The fourth-order valence-electron chi connectivity index (χ4n) is 5.01. The van der Waals surface area contributed by atoms with Crippen LogP contribution in [0.1, 0.15) is 30.5 Å². The number of aliphatic hydroxyl groups is 1. The first-order valence-electron chi connectivity index (χ1n) is 13.9. The number of nitrogens with zero attached hydrogens (tertiary/aromatic N) is 2. The monoisotopic (exact) mass is 619 g/mol. The van der Waals surface area contributed by atoms with E-state index >= 15 is 0 Å². The number of hydrogen-bond donors (Lipinski definition) is 2. The van der Waals surface area contributed by atoms with Crippen LogP contribution in [0.15, 0.2) is 77.7 Å². The van der Waals surface area contributed by atoms with Crippen LogP contribution in [0, 0.1) is 5.92 Å². The lowest BCUT2D eigenvalue weighted by atomic mass is 10.0. The van der Waals surface area contributed by atoms with Crippen molar-refractivity contribution in [3.05, 3.63) is 89.5 Å². The van der Waals surface area contributed by atoms with E-state index in [0.29, 0.717) is 36.5 Å². The molecule has 43 heavy (non-hydrogen) atoms. The fourth-order valence-corrected chi connectivity index (χ4v) is 6.08. The molecule has 1 aliphatic heterocycles. The number of carbonyl (C=O) groups excluding carboxylic acids is 1. The van der Waals surface area contributed by atoms with Crippen molar-refractivity contribution in [2.24, 2.45) is 5.92 Å². The van der Waals surface area contributed by atoms with Gasteiger partial charge in [-0.05, 0) is 62.0 Å². The zero-order valence-electron chi connectivity index (χ0n) is 24.2. The summed E-state index contributed by atoms with van der Waals surface area (Å²) in [6.45, 7) is 4.52. The van der Waals surface area contributed by atoms with Gasteiger partial charge in [-0.25, -0.2) is 8.42 Å². The van der Waals surface area contributed by atoms with Crippen LogP contribution in [-0.4, -0.2) is 68.1 Å². The van der Waals surface area contributed by atoms with Crippen molar-refractivity contribution < 1.29 is 36.2 Å². The van der Waals surface area contributed by atoms with Crippen LogP contribution in [0.3, 0.4) is 0 Å². The van der Waals surface area contributed by atoms with Gasteiger partial charge in [0, 0.05) is 36.8 Å². The largest absolute Gasteiger partial charge is 0.488 e. The van der Waals surface area contributed by atoms with Crippen molar-refractivity contribution >= 4 is 21.6 Å². The number of benzene rings is 3. The Bertz CT molecular complexity index is 1500. The molecule has 3 aromatic rings. The number of anilines is 1. The van der Waals surface area contributed by atoms with E-state index in [9.17, 15) is 31.5 Å². The highest BCUT2D eigenvalue weighted by molar-refractivity contribution is 7.92. The number of ether oxygens (including phenoxy) is 1. The van der Waals surface area contributed by atoms with Crippen LogP contribution in [0.2, 0.25) is 0 Å². The minimum absolute atomic E-state index is 0.0680. The van der Waals surface area contributed by atoms with Gasteiger partial charge in [0.2, 0.25) is 5.91 Å². The van der Waals surface area contributed by atoms with Crippen LogP contribution < -0.4 is 9.46 Å². The molecule has 0 radical (unpaired) electrons. The van der Waals surface area contributed by atoms with Crippen molar-refractivity contribution in [1.29, 1.82) is 0 Å². The molecule has 12 heteroatoms. The molecule has 0 bridgehead atoms. The highest BCUT2D eigenvalue weighted by Gasteiger charge is 2.32. The first kappa shape index (κ1) is 32.3. The van der Waals surface area contributed by atoms with Crippen LogP contribution >= 0.6 is 0 Å². The number of halogens is 3. The Labute approximate surface area is 250 Å². The molecule has 1 aliphatic rings. The van der Waals surface area contributed by atoms with Crippen molar-refractivity contribution in [2.75, 3.05) is 31.5 Å². The first-order chi connectivity index (χ1) is 20.3. The maximum absolute atomic E-state index is 13.4. The van der Waals surface area contributed by atoms with E-state index < -0.39 is 33.9 Å². The summed E-state index contributed by atoms with van der Waals surface area (Å²) in [5, 5.41) is 9.86. The summed E-state index contributed by atoms with van der Waals surface area (Å²) in [7, 11) is -2.03. The number of fused-ring (bicyclic) bond motifs is 1. The van der Waals surface area contributed by atoms with E-state index in [2.05, 4.69) is 4.72 Å². The third kappa shape index (κ3) is 8.27. The maximum atomic E-state index is 13.4. The fraction of sp³-hybridized carbons (Fsp3) is 0.387. The molecule has 0 aromatic heterocycles. The van der Waals surface area contributed by atoms with Crippen molar-refractivity contribution in [1.82, 2.24) is 9.80 Å². The molecule has 232 valence electrons. The molecule has 0 unspecified atom stereocenters. The van der Waals surface area contributed by atoms with E-state index in [-0.39, 0.29) is 35.4 Å². The van der Waals surface area contributed by atoms with Gasteiger partial charge in [-0.1, -0.05) is 37.3 Å². The summed E-state index contributed by atoms with van der Waals surface area (Å²) in [6, 6.07) is 17.3. The molecular weight excluding hydrogens is 583 g/mol. The summed E-state index contributed by atoms with van der Waals surface area (Å²) in [4.78, 5) is 17.1. The van der Waals surface area contributed by atoms with E-state index in [4.69, 9.17) is 4.74 Å². The summed E-state index contributed by atoms with van der Waals surface area (Å²) < 4.78 is 73.8. The Kier molecular flexibility index (Phi) is 10.0. The topological polar surface area (TPSA) is 99.2 Å². The van der Waals surface area contributed by atoms with Gasteiger partial charge < -0.3 is 14.7 Å².